The first kappa shape index (κ1) is 9.09. The molecular weight excluding hydrogens is 182 g/mol. The molecule has 2 N–H and O–H groups in total. The van der Waals surface area contributed by atoms with E-state index in [4.69, 9.17) is 21.8 Å². The van der Waals surface area contributed by atoms with E-state index in [1.54, 1.807) is 0 Å². The minimum atomic E-state index is -0.900. The number of methoxy groups -OCH3 is 1. The van der Waals surface area contributed by atoms with Gasteiger partial charge in [0.05, 0.1) is 7.11 Å². The lowest BCUT2D eigenvalue weighted by atomic mass is 10.2. The van der Waals surface area contributed by atoms with Gasteiger partial charge in [0.1, 0.15) is 5.76 Å². The number of hydrogen-bond donors (Lipinski definition) is 1. The molecule has 1 rings (SSSR count). The third kappa shape index (κ3) is 1.78. The van der Waals surface area contributed by atoms with E-state index >= 15 is 0 Å². The number of halogens is 1. The molecule has 66 valence electrons. The van der Waals surface area contributed by atoms with Gasteiger partial charge in [-0.1, -0.05) is 0 Å². The third-order valence-corrected chi connectivity index (χ3v) is 1.56. The van der Waals surface area contributed by atoms with Gasteiger partial charge in [0.2, 0.25) is 0 Å². The number of ether oxygens (including phenoxy) is 1. The van der Waals surface area contributed by atoms with Crippen LogP contribution in [0.4, 0.5) is 0 Å². The molecule has 0 amide bonds. The van der Waals surface area contributed by atoms with E-state index in [-0.39, 0.29) is 5.22 Å². The minimum absolute atomic E-state index is 0.198. The molecule has 1 heterocycles. The largest absolute Gasteiger partial charge is 0.468 e. The zero-order valence-electron chi connectivity index (χ0n) is 6.41. The van der Waals surface area contributed by atoms with E-state index in [2.05, 4.69) is 4.74 Å². The summed E-state index contributed by atoms with van der Waals surface area (Å²) in [6.45, 7) is 0. The fourth-order valence-electron chi connectivity index (χ4n) is 0.739. The highest BCUT2D eigenvalue weighted by Crippen LogP contribution is 2.18. The summed E-state index contributed by atoms with van der Waals surface area (Å²) in [7, 11) is 1.26. The van der Waals surface area contributed by atoms with Crippen LogP contribution in [0, 0.1) is 0 Å². The quantitative estimate of drug-likeness (QED) is 0.708. The van der Waals surface area contributed by atoms with Crippen molar-refractivity contribution < 1.29 is 13.9 Å². The smallest absolute Gasteiger partial charge is 0.330 e. The maximum Gasteiger partial charge on any atom is 0.330 e. The molecule has 4 nitrogen and oxygen atoms in total. The molecule has 0 radical (unpaired) electrons. The molecule has 0 unspecified atom stereocenters. The Bertz CT molecular complexity index is 284. The van der Waals surface area contributed by atoms with Crippen molar-refractivity contribution in [1.82, 2.24) is 0 Å². The van der Waals surface area contributed by atoms with Gasteiger partial charge in [0.15, 0.2) is 11.3 Å². The average Bonchev–Trinajstić information content (AvgIpc) is 2.49. The standard InChI is InChI=1S/C7H8ClNO3/c1-11-7(10)6(9)4-2-3-5(8)12-4/h2-3,6H,9H2,1H3/t6-/m0/s1. The molecule has 1 atom stereocenters. The van der Waals surface area contributed by atoms with Crippen LogP contribution in [-0.4, -0.2) is 13.1 Å². The van der Waals surface area contributed by atoms with E-state index in [0.29, 0.717) is 5.76 Å². The number of carbonyl (C=O) groups is 1. The number of esters is 1. The summed E-state index contributed by atoms with van der Waals surface area (Å²) in [5.74, 6) is -0.257. The van der Waals surface area contributed by atoms with Crippen LogP contribution in [0.2, 0.25) is 5.22 Å². The van der Waals surface area contributed by atoms with Crippen molar-refractivity contribution in [3.05, 3.63) is 23.1 Å². The number of furan rings is 1. The van der Waals surface area contributed by atoms with Crippen molar-refractivity contribution in [1.29, 1.82) is 0 Å². The van der Waals surface area contributed by atoms with Gasteiger partial charge in [-0.25, -0.2) is 4.79 Å². The molecule has 0 bridgehead atoms. The first-order valence-corrected chi connectivity index (χ1v) is 3.61. The van der Waals surface area contributed by atoms with E-state index in [0.717, 1.165) is 0 Å². The average molecular weight is 190 g/mol. The first-order valence-electron chi connectivity index (χ1n) is 3.24. The molecule has 12 heavy (non-hydrogen) atoms. The van der Waals surface area contributed by atoms with Gasteiger partial charge in [-0.15, -0.1) is 0 Å². The van der Waals surface area contributed by atoms with Crippen molar-refractivity contribution in [3.8, 4) is 0 Å². The van der Waals surface area contributed by atoms with Crippen LogP contribution in [0.3, 0.4) is 0 Å². The van der Waals surface area contributed by atoms with Crippen molar-refractivity contribution in [2.75, 3.05) is 7.11 Å². The molecular formula is C7H8ClNO3. The summed E-state index contributed by atoms with van der Waals surface area (Å²) in [6, 6.07) is 2.14. The molecule has 0 aliphatic rings. The minimum Gasteiger partial charge on any atom is -0.468 e. The molecule has 1 aromatic heterocycles. The van der Waals surface area contributed by atoms with Crippen LogP contribution in [0.1, 0.15) is 11.8 Å². The lowest BCUT2D eigenvalue weighted by molar-refractivity contribution is -0.142. The first-order chi connectivity index (χ1) is 5.65. The van der Waals surface area contributed by atoms with Crippen LogP contribution in [-0.2, 0) is 9.53 Å². The van der Waals surface area contributed by atoms with Crippen molar-refractivity contribution >= 4 is 17.6 Å². The second-order valence-electron chi connectivity index (χ2n) is 2.14. The highest BCUT2D eigenvalue weighted by atomic mass is 35.5. The van der Waals surface area contributed by atoms with Gasteiger partial charge in [0.25, 0.3) is 0 Å². The SMILES string of the molecule is COC(=O)[C@@H](N)c1ccc(Cl)o1. The fourth-order valence-corrected chi connectivity index (χ4v) is 0.891. The highest BCUT2D eigenvalue weighted by molar-refractivity contribution is 6.28. The van der Waals surface area contributed by atoms with Gasteiger partial charge < -0.3 is 14.9 Å². The summed E-state index contributed by atoms with van der Waals surface area (Å²) in [4.78, 5) is 10.9. The molecule has 1 aromatic rings. The molecule has 0 aliphatic carbocycles. The van der Waals surface area contributed by atoms with Crippen LogP contribution in [0.15, 0.2) is 16.5 Å². The number of carbonyl (C=O) groups excluding carboxylic acids is 1. The Morgan fingerprint density at radius 3 is 2.83 bits per heavy atom. The van der Waals surface area contributed by atoms with Crippen LogP contribution in [0.25, 0.3) is 0 Å². The second-order valence-corrected chi connectivity index (χ2v) is 2.52. The monoisotopic (exact) mass is 189 g/mol. The summed E-state index contributed by atoms with van der Waals surface area (Å²) < 4.78 is 9.32. The normalized spacial score (nSPS) is 12.6. The van der Waals surface area contributed by atoms with E-state index < -0.39 is 12.0 Å². The Morgan fingerprint density at radius 2 is 2.42 bits per heavy atom. The maximum absolute atomic E-state index is 10.9. The predicted octanol–water partition coefficient (Wildman–Crippen LogP) is 1.11. The molecule has 0 fully saturated rings. The van der Waals surface area contributed by atoms with Gasteiger partial charge in [-0.05, 0) is 23.7 Å². The highest BCUT2D eigenvalue weighted by Gasteiger charge is 2.19. The van der Waals surface area contributed by atoms with Gasteiger partial charge in [-0.2, -0.15) is 0 Å². The molecule has 0 aliphatic heterocycles. The Balaban J connectivity index is 2.77. The van der Waals surface area contributed by atoms with Crippen LogP contribution < -0.4 is 5.73 Å². The summed E-state index contributed by atoms with van der Waals surface area (Å²) >= 11 is 5.48. The van der Waals surface area contributed by atoms with E-state index in [1.165, 1.54) is 19.2 Å². The van der Waals surface area contributed by atoms with Crippen molar-refractivity contribution in [3.63, 3.8) is 0 Å². The number of hydrogen-bond acceptors (Lipinski definition) is 4. The van der Waals surface area contributed by atoms with Gasteiger partial charge in [-0.3, -0.25) is 0 Å². The molecule has 0 saturated carbocycles. The number of rotatable bonds is 2. The van der Waals surface area contributed by atoms with Crippen molar-refractivity contribution in [2.45, 2.75) is 6.04 Å². The number of nitrogens with two attached hydrogens (primary N) is 1. The van der Waals surface area contributed by atoms with Gasteiger partial charge >= 0.3 is 5.97 Å². The zero-order valence-corrected chi connectivity index (χ0v) is 7.17. The third-order valence-electron chi connectivity index (χ3n) is 1.36. The molecule has 0 spiro atoms. The van der Waals surface area contributed by atoms with Crippen LogP contribution >= 0.6 is 11.6 Å². The topological polar surface area (TPSA) is 65.5 Å². The predicted molar refractivity (Wildman–Crippen MR) is 42.7 cm³/mol. The Morgan fingerprint density at radius 1 is 1.75 bits per heavy atom. The molecule has 0 aromatic carbocycles. The maximum atomic E-state index is 10.9. The van der Waals surface area contributed by atoms with E-state index in [9.17, 15) is 4.79 Å². The lowest BCUT2D eigenvalue weighted by Crippen LogP contribution is -2.21. The molecule has 5 heteroatoms. The zero-order chi connectivity index (χ0) is 9.14. The Hall–Kier alpha value is -1.00. The van der Waals surface area contributed by atoms with Crippen LogP contribution in [0.5, 0.6) is 0 Å². The molecule has 0 saturated heterocycles. The van der Waals surface area contributed by atoms with E-state index in [1.807, 2.05) is 0 Å². The van der Waals surface area contributed by atoms with Crippen molar-refractivity contribution in [2.24, 2.45) is 5.73 Å². The summed E-state index contributed by atoms with van der Waals surface area (Å²) in [5, 5.41) is 0.198. The van der Waals surface area contributed by atoms with Gasteiger partial charge in [0, 0.05) is 0 Å². The Kier molecular flexibility index (Phi) is 2.73. The fraction of sp³-hybridized carbons (Fsp3) is 0.286. The summed E-state index contributed by atoms with van der Waals surface area (Å²) in [5.41, 5.74) is 5.44. The second kappa shape index (κ2) is 3.60. The lowest BCUT2D eigenvalue weighted by Gasteiger charge is -2.04. The Labute approximate surface area is 74.2 Å². The summed E-state index contributed by atoms with van der Waals surface area (Å²) in [6.07, 6.45) is 0.